The van der Waals surface area contributed by atoms with E-state index in [9.17, 15) is 4.39 Å². The Morgan fingerprint density at radius 3 is 2.22 bits per heavy atom. The lowest BCUT2D eigenvalue weighted by atomic mass is 10.2. The molecular formula is C18H21ClFNO2. The highest BCUT2D eigenvalue weighted by molar-refractivity contribution is 5.85. The van der Waals surface area contributed by atoms with Crippen molar-refractivity contribution in [3.05, 3.63) is 59.9 Å². The highest BCUT2D eigenvalue weighted by Crippen LogP contribution is 2.19. The summed E-state index contributed by atoms with van der Waals surface area (Å²) in [6, 6.07) is 14.4. The summed E-state index contributed by atoms with van der Waals surface area (Å²) in [6.07, 6.45) is 2.41. The van der Waals surface area contributed by atoms with E-state index in [1.165, 1.54) is 25.0 Å². The molecule has 1 fully saturated rings. The first-order chi connectivity index (χ1) is 10.8. The van der Waals surface area contributed by atoms with E-state index >= 15 is 0 Å². The topological polar surface area (TPSA) is 30.5 Å². The minimum absolute atomic E-state index is 0. The van der Waals surface area contributed by atoms with E-state index in [-0.39, 0.29) is 18.2 Å². The predicted molar refractivity (Wildman–Crippen MR) is 90.9 cm³/mol. The van der Waals surface area contributed by atoms with Gasteiger partial charge in [0, 0.05) is 6.04 Å². The number of nitrogens with one attached hydrogen (secondary N) is 1. The van der Waals surface area contributed by atoms with Crippen LogP contribution in [0.15, 0.2) is 48.5 Å². The molecule has 2 aromatic carbocycles. The van der Waals surface area contributed by atoms with Crippen molar-refractivity contribution in [2.24, 2.45) is 0 Å². The lowest BCUT2D eigenvalue weighted by Gasteiger charge is -2.12. The summed E-state index contributed by atoms with van der Waals surface area (Å²) >= 11 is 0. The Bertz CT molecular complexity index is 583. The summed E-state index contributed by atoms with van der Waals surface area (Å²) in [4.78, 5) is 0. The third kappa shape index (κ3) is 5.41. The van der Waals surface area contributed by atoms with Crippen LogP contribution in [-0.2, 0) is 6.61 Å². The molecule has 0 saturated carbocycles. The smallest absolute Gasteiger partial charge is 0.123 e. The van der Waals surface area contributed by atoms with Crippen molar-refractivity contribution < 1.29 is 13.9 Å². The van der Waals surface area contributed by atoms with E-state index in [1.807, 2.05) is 24.3 Å². The van der Waals surface area contributed by atoms with Gasteiger partial charge in [-0.3, -0.25) is 0 Å². The van der Waals surface area contributed by atoms with Crippen molar-refractivity contribution in [2.75, 3.05) is 13.2 Å². The molecule has 0 aliphatic carbocycles. The first kappa shape index (κ1) is 17.6. The Hall–Kier alpha value is -1.78. The number of hydrogen-bond donors (Lipinski definition) is 1. The van der Waals surface area contributed by atoms with Crippen LogP contribution in [0.25, 0.3) is 0 Å². The maximum atomic E-state index is 12.8. The molecule has 0 spiro atoms. The molecule has 1 N–H and O–H groups in total. The molecule has 1 unspecified atom stereocenters. The fourth-order valence-corrected chi connectivity index (χ4v) is 2.48. The summed E-state index contributed by atoms with van der Waals surface area (Å²) < 4.78 is 24.3. The van der Waals surface area contributed by atoms with E-state index in [0.717, 1.165) is 23.6 Å². The van der Waals surface area contributed by atoms with Crippen molar-refractivity contribution in [1.29, 1.82) is 0 Å². The zero-order valence-corrected chi connectivity index (χ0v) is 13.7. The van der Waals surface area contributed by atoms with Crippen LogP contribution >= 0.6 is 12.4 Å². The van der Waals surface area contributed by atoms with Gasteiger partial charge in [-0.05, 0) is 61.3 Å². The van der Waals surface area contributed by atoms with Gasteiger partial charge < -0.3 is 14.8 Å². The molecule has 1 aliphatic rings. The number of rotatable bonds is 6. The fraction of sp³-hybridized carbons (Fsp3) is 0.333. The van der Waals surface area contributed by atoms with Crippen LogP contribution in [0.2, 0.25) is 0 Å². The van der Waals surface area contributed by atoms with E-state index < -0.39 is 0 Å². The average molecular weight is 338 g/mol. The minimum Gasteiger partial charge on any atom is -0.492 e. The Labute approximate surface area is 142 Å². The van der Waals surface area contributed by atoms with Gasteiger partial charge in [-0.15, -0.1) is 12.4 Å². The zero-order chi connectivity index (χ0) is 15.2. The van der Waals surface area contributed by atoms with Gasteiger partial charge in [-0.2, -0.15) is 0 Å². The molecular weight excluding hydrogens is 317 g/mol. The van der Waals surface area contributed by atoms with Crippen molar-refractivity contribution in [1.82, 2.24) is 5.32 Å². The number of benzene rings is 2. The molecule has 1 saturated heterocycles. The number of hydrogen-bond acceptors (Lipinski definition) is 3. The quantitative estimate of drug-likeness (QED) is 0.865. The summed E-state index contributed by atoms with van der Waals surface area (Å²) in [5.41, 5.74) is 0.939. The second-order valence-electron chi connectivity index (χ2n) is 5.49. The van der Waals surface area contributed by atoms with Gasteiger partial charge in [0.1, 0.15) is 30.5 Å². The van der Waals surface area contributed by atoms with Crippen molar-refractivity contribution in [2.45, 2.75) is 25.5 Å². The molecule has 23 heavy (non-hydrogen) atoms. The molecule has 124 valence electrons. The SMILES string of the molecule is Cl.Fc1ccc(COc2ccc(OCC3CCCN3)cc2)cc1. The Balaban J connectivity index is 0.00000192. The van der Waals surface area contributed by atoms with Crippen molar-refractivity contribution in [3.8, 4) is 11.5 Å². The molecule has 0 amide bonds. The second-order valence-corrected chi connectivity index (χ2v) is 5.49. The van der Waals surface area contributed by atoms with Crippen LogP contribution in [0.3, 0.4) is 0 Å². The molecule has 3 rings (SSSR count). The van der Waals surface area contributed by atoms with Crippen molar-refractivity contribution in [3.63, 3.8) is 0 Å². The molecule has 0 bridgehead atoms. The average Bonchev–Trinajstić information content (AvgIpc) is 3.07. The van der Waals surface area contributed by atoms with Crippen LogP contribution in [0.1, 0.15) is 18.4 Å². The molecule has 1 heterocycles. The van der Waals surface area contributed by atoms with Gasteiger partial charge in [0.15, 0.2) is 0 Å². The predicted octanol–water partition coefficient (Wildman–Crippen LogP) is 3.96. The van der Waals surface area contributed by atoms with Crippen LogP contribution in [0.5, 0.6) is 11.5 Å². The summed E-state index contributed by atoms with van der Waals surface area (Å²) in [6.45, 7) is 2.21. The lowest BCUT2D eigenvalue weighted by molar-refractivity contribution is 0.275. The molecule has 0 radical (unpaired) electrons. The van der Waals surface area contributed by atoms with Crippen LogP contribution in [0.4, 0.5) is 4.39 Å². The molecule has 2 aromatic rings. The van der Waals surface area contributed by atoms with E-state index in [0.29, 0.717) is 19.3 Å². The van der Waals surface area contributed by atoms with Gasteiger partial charge in [-0.1, -0.05) is 12.1 Å². The molecule has 3 nitrogen and oxygen atoms in total. The van der Waals surface area contributed by atoms with Gasteiger partial charge in [0.2, 0.25) is 0 Å². The Kier molecular flexibility index (Phi) is 6.68. The number of ether oxygens (including phenoxy) is 2. The third-order valence-electron chi connectivity index (χ3n) is 3.76. The van der Waals surface area contributed by atoms with Crippen LogP contribution in [-0.4, -0.2) is 19.2 Å². The minimum atomic E-state index is -0.234. The highest BCUT2D eigenvalue weighted by Gasteiger charge is 2.14. The Morgan fingerprint density at radius 2 is 1.61 bits per heavy atom. The zero-order valence-electron chi connectivity index (χ0n) is 12.8. The number of halogens is 2. The summed E-state index contributed by atoms with van der Waals surface area (Å²) in [7, 11) is 0. The monoisotopic (exact) mass is 337 g/mol. The third-order valence-corrected chi connectivity index (χ3v) is 3.76. The first-order valence-corrected chi connectivity index (χ1v) is 7.63. The Morgan fingerprint density at radius 1 is 0.957 bits per heavy atom. The van der Waals surface area contributed by atoms with Crippen LogP contribution < -0.4 is 14.8 Å². The molecule has 1 aliphatic heterocycles. The summed E-state index contributed by atoms with van der Waals surface area (Å²) in [5.74, 6) is 1.39. The van der Waals surface area contributed by atoms with E-state index in [2.05, 4.69) is 5.32 Å². The molecule has 1 atom stereocenters. The van der Waals surface area contributed by atoms with Gasteiger partial charge in [-0.25, -0.2) is 4.39 Å². The largest absolute Gasteiger partial charge is 0.492 e. The highest BCUT2D eigenvalue weighted by atomic mass is 35.5. The van der Waals surface area contributed by atoms with Gasteiger partial charge >= 0.3 is 0 Å². The van der Waals surface area contributed by atoms with Gasteiger partial charge in [0.05, 0.1) is 0 Å². The lowest BCUT2D eigenvalue weighted by Crippen LogP contribution is -2.28. The maximum Gasteiger partial charge on any atom is 0.123 e. The van der Waals surface area contributed by atoms with E-state index in [4.69, 9.17) is 9.47 Å². The molecule has 5 heteroatoms. The first-order valence-electron chi connectivity index (χ1n) is 7.63. The maximum absolute atomic E-state index is 12.8. The standard InChI is InChI=1S/C18H20FNO2.ClH/c19-15-5-3-14(4-6-15)12-21-17-7-9-18(10-8-17)22-13-16-2-1-11-20-16;/h3-10,16,20H,1-2,11-13H2;1H. The second kappa shape index (κ2) is 8.75. The normalized spacial score (nSPS) is 16.7. The summed E-state index contributed by atoms with van der Waals surface area (Å²) in [5, 5.41) is 3.40. The van der Waals surface area contributed by atoms with Gasteiger partial charge in [0.25, 0.3) is 0 Å². The molecule has 0 aromatic heterocycles. The van der Waals surface area contributed by atoms with Crippen LogP contribution in [0, 0.1) is 5.82 Å². The fourth-order valence-electron chi connectivity index (χ4n) is 2.48. The van der Waals surface area contributed by atoms with E-state index in [1.54, 1.807) is 12.1 Å². The van der Waals surface area contributed by atoms with Crippen molar-refractivity contribution >= 4 is 12.4 Å².